The van der Waals surface area contributed by atoms with Crippen LogP contribution >= 0.6 is 23.2 Å². The monoisotopic (exact) mass is 322 g/mol. The smallest absolute Gasteiger partial charge is 0.397 e. The van der Waals surface area contributed by atoms with Crippen molar-refractivity contribution in [2.75, 3.05) is 5.73 Å². The fourth-order valence-electron chi connectivity index (χ4n) is 1.36. The summed E-state index contributed by atoms with van der Waals surface area (Å²) in [4.78, 5) is 0. The summed E-state index contributed by atoms with van der Waals surface area (Å²) in [5.41, 5.74) is -1.40. The number of nitrogens with zero attached hydrogens (tertiary/aromatic N) is 1. The highest BCUT2D eigenvalue weighted by Crippen LogP contribution is 2.49. The number of alkyl halides is 6. The maximum atomic E-state index is 12.7. The highest BCUT2D eigenvalue weighted by molar-refractivity contribution is 6.38. The summed E-state index contributed by atoms with van der Waals surface area (Å²) in [5, 5.41) is 5.75. The van der Waals surface area contributed by atoms with Crippen LogP contribution in [0.4, 0.5) is 32.0 Å². The molecule has 0 aromatic heterocycles. The molecule has 0 atom stereocenters. The second-order valence-electron chi connectivity index (χ2n) is 3.27. The molecule has 0 aliphatic heterocycles. The molecule has 0 heterocycles. The van der Waals surface area contributed by atoms with E-state index in [1.165, 1.54) is 0 Å². The highest BCUT2D eigenvalue weighted by Gasteiger charge is 2.44. The van der Waals surface area contributed by atoms with Crippen LogP contribution in [-0.4, -0.2) is 0 Å². The van der Waals surface area contributed by atoms with Crippen molar-refractivity contribution >= 4 is 28.9 Å². The van der Waals surface area contributed by atoms with Gasteiger partial charge in [0.25, 0.3) is 0 Å². The van der Waals surface area contributed by atoms with Crippen LogP contribution < -0.4 is 5.73 Å². The summed E-state index contributed by atoms with van der Waals surface area (Å²) in [5.74, 6) is 0. The first-order valence-corrected chi connectivity index (χ1v) is 5.03. The molecule has 1 aromatic carbocycles. The van der Waals surface area contributed by atoms with Gasteiger partial charge in [0.15, 0.2) is 0 Å². The van der Waals surface area contributed by atoms with Crippen molar-refractivity contribution in [2.24, 2.45) is 0 Å². The summed E-state index contributed by atoms with van der Waals surface area (Å²) >= 11 is 10.4. The SMILES string of the molecule is N#Cc1c(Cl)c(C(F)(F)F)c(Cl)c(N)c1C(F)(F)F. The van der Waals surface area contributed by atoms with E-state index in [0.29, 0.717) is 0 Å². The molecule has 1 aromatic rings. The maximum Gasteiger partial charge on any atom is 0.419 e. The van der Waals surface area contributed by atoms with E-state index in [0.717, 1.165) is 6.07 Å². The van der Waals surface area contributed by atoms with Crippen LogP contribution in [0.5, 0.6) is 0 Å². The minimum absolute atomic E-state index is 0.960. The van der Waals surface area contributed by atoms with Crippen LogP contribution in [-0.2, 0) is 12.4 Å². The molecule has 2 nitrogen and oxygen atoms in total. The van der Waals surface area contributed by atoms with Crippen LogP contribution in [0.2, 0.25) is 10.0 Å². The van der Waals surface area contributed by atoms with Crippen LogP contribution in [0.15, 0.2) is 0 Å². The zero-order chi connectivity index (χ0) is 15.2. The van der Waals surface area contributed by atoms with E-state index in [1.807, 2.05) is 0 Å². The van der Waals surface area contributed by atoms with Crippen molar-refractivity contribution in [1.82, 2.24) is 0 Å². The van der Waals surface area contributed by atoms with Gasteiger partial charge in [0.1, 0.15) is 6.07 Å². The topological polar surface area (TPSA) is 49.8 Å². The van der Waals surface area contributed by atoms with Gasteiger partial charge in [-0.2, -0.15) is 31.6 Å². The van der Waals surface area contributed by atoms with E-state index in [1.54, 1.807) is 0 Å². The van der Waals surface area contributed by atoms with Gasteiger partial charge < -0.3 is 5.73 Å². The molecule has 0 aliphatic carbocycles. The van der Waals surface area contributed by atoms with Gasteiger partial charge >= 0.3 is 12.4 Å². The molecule has 2 N–H and O–H groups in total. The zero-order valence-corrected chi connectivity index (χ0v) is 10.1. The standard InChI is InChI=1S/C9H2Cl2F6N2/c10-5-2(1-18)3(8(12,13)14)7(19)6(11)4(5)9(15,16)17/h19H2. The fraction of sp³-hybridized carbons (Fsp3) is 0.222. The van der Waals surface area contributed by atoms with Crippen LogP contribution in [0.1, 0.15) is 16.7 Å². The zero-order valence-electron chi connectivity index (χ0n) is 8.55. The summed E-state index contributed by atoms with van der Waals surface area (Å²) < 4.78 is 75.8. The third-order valence-corrected chi connectivity index (χ3v) is 2.86. The predicted molar refractivity (Wildman–Crippen MR) is 55.6 cm³/mol. The molecule has 0 aliphatic rings. The maximum absolute atomic E-state index is 12.7. The van der Waals surface area contributed by atoms with Crippen molar-refractivity contribution in [3.8, 4) is 6.07 Å². The number of nitrogen functional groups attached to an aromatic ring is 1. The van der Waals surface area contributed by atoms with Crippen LogP contribution in [0.25, 0.3) is 0 Å². The van der Waals surface area contributed by atoms with E-state index in [-0.39, 0.29) is 0 Å². The molecule has 0 bridgehead atoms. The predicted octanol–water partition coefficient (Wildman–Crippen LogP) is 4.48. The summed E-state index contributed by atoms with van der Waals surface area (Å²) in [6.07, 6.45) is -10.3. The largest absolute Gasteiger partial charge is 0.419 e. The third kappa shape index (κ3) is 2.67. The number of hydrogen-bond acceptors (Lipinski definition) is 2. The number of halogens is 8. The molecule has 0 spiro atoms. The Hall–Kier alpha value is -1.33. The van der Waals surface area contributed by atoms with E-state index in [9.17, 15) is 26.3 Å². The van der Waals surface area contributed by atoms with Gasteiger partial charge in [0, 0.05) is 0 Å². The molecule has 0 fully saturated rings. The fourth-order valence-corrected chi connectivity index (χ4v) is 2.04. The molecular weight excluding hydrogens is 321 g/mol. The van der Waals surface area contributed by atoms with Crippen molar-refractivity contribution in [1.29, 1.82) is 5.26 Å². The first-order valence-electron chi connectivity index (χ1n) is 4.27. The Morgan fingerprint density at radius 2 is 1.32 bits per heavy atom. The Morgan fingerprint density at radius 3 is 1.63 bits per heavy atom. The Labute approximate surface area is 112 Å². The first-order chi connectivity index (χ1) is 8.42. The van der Waals surface area contributed by atoms with Crippen molar-refractivity contribution < 1.29 is 26.3 Å². The lowest BCUT2D eigenvalue weighted by Gasteiger charge is -2.19. The summed E-state index contributed by atoms with van der Waals surface area (Å²) in [6.45, 7) is 0. The second-order valence-corrected chi connectivity index (χ2v) is 4.03. The lowest BCUT2D eigenvalue weighted by Crippen LogP contribution is -2.17. The van der Waals surface area contributed by atoms with Crippen LogP contribution in [0.3, 0.4) is 0 Å². The number of anilines is 1. The molecule has 19 heavy (non-hydrogen) atoms. The first kappa shape index (κ1) is 15.7. The molecule has 0 unspecified atom stereocenters. The van der Waals surface area contributed by atoms with E-state index < -0.39 is 44.8 Å². The van der Waals surface area contributed by atoms with Gasteiger partial charge in [-0.3, -0.25) is 0 Å². The molecule has 0 saturated heterocycles. The summed E-state index contributed by atoms with van der Waals surface area (Å²) in [6, 6.07) is 0.960. The van der Waals surface area contributed by atoms with Gasteiger partial charge in [-0.15, -0.1) is 0 Å². The van der Waals surface area contributed by atoms with Crippen LogP contribution in [0, 0.1) is 11.3 Å². The lowest BCUT2D eigenvalue weighted by atomic mass is 10.0. The van der Waals surface area contributed by atoms with Gasteiger partial charge in [-0.25, -0.2) is 0 Å². The molecule has 10 heteroatoms. The average Bonchev–Trinajstić information content (AvgIpc) is 2.19. The van der Waals surface area contributed by atoms with Gasteiger partial charge in [0.05, 0.1) is 32.4 Å². The minimum Gasteiger partial charge on any atom is -0.397 e. The van der Waals surface area contributed by atoms with Gasteiger partial charge in [-0.05, 0) is 0 Å². The average molecular weight is 323 g/mol. The minimum atomic E-state index is -5.16. The van der Waals surface area contributed by atoms with Gasteiger partial charge in [-0.1, -0.05) is 23.2 Å². The number of rotatable bonds is 0. The molecule has 0 radical (unpaired) electrons. The number of benzene rings is 1. The number of hydrogen-bond donors (Lipinski definition) is 1. The summed E-state index contributed by atoms with van der Waals surface area (Å²) in [7, 11) is 0. The quantitative estimate of drug-likeness (QED) is 0.565. The molecule has 1 rings (SSSR count). The number of nitriles is 1. The van der Waals surface area contributed by atoms with Crippen molar-refractivity contribution in [3.05, 3.63) is 26.7 Å². The Morgan fingerprint density at radius 1 is 0.895 bits per heavy atom. The van der Waals surface area contributed by atoms with E-state index in [4.69, 9.17) is 34.2 Å². The molecular formula is C9H2Cl2F6N2. The highest BCUT2D eigenvalue weighted by atomic mass is 35.5. The van der Waals surface area contributed by atoms with Gasteiger partial charge in [0.2, 0.25) is 0 Å². The van der Waals surface area contributed by atoms with E-state index in [2.05, 4.69) is 0 Å². The lowest BCUT2D eigenvalue weighted by molar-refractivity contribution is -0.140. The molecule has 104 valence electrons. The molecule has 0 saturated carbocycles. The Bertz CT molecular complexity index is 570. The normalized spacial score (nSPS) is 12.4. The van der Waals surface area contributed by atoms with Crippen molar-refractivity contribution in [2.45, 2.75) is 12.4 Å². The second kappa shape index (κ2) is 4.65. The Balaban J connectivity index is 3.92. The number of nitrogens with two attached hydrogens (primary N) is 1. The van der Waals surface area contributed by atoms with E-state index >= 15 is 0 Å². The molecule has 0 amide bonds. The third-order valence-electron chi connectivity index (χ3n) is 2.09. The Kier molecular flexibility index (Phi) is 3.85. The van der Waals surface area contributed by atoms with Crippen molar-refractivity contribution in [3.63, 3.8) is 0 Å².